The van der Waals surface area contributed by atoms with Crippen molar-refractivity contribution in [2.24, 2.45) is 0 Å². The maximum Gasteiger partial charge on any atom is 0.231 e. The van der Waals surface area contributed by atoms with Crippen LogP contribution in [0.15, 0.2) is 84.9 Å². The molecular formula is C31H35N5O5. The van der Waals surface area contributed by atoms with E-state index in [1.807, 2.05) is 0 Å². The Kier molecular flexibility index (Phi) is 29.7. The Morgan fingerprint density at radius 2 is 0.537 bits per heavy atom. The summed E-state index contributed by atoms with van der Waals surface area (Å²) in [6.45, 7) is 0. The van der Waals surface area contributed by atoms with Gasteiger partial charge in [-0.2, -0.15) is 0 Å². The highest BCUT2D eigenvalue weighted by Crippen LogP contribution is 2.32. The summed E-state index contributed by atoms with van der Waals surface area (Å²) in [6, 6.07) is 30.8. The van der Waals surface area contributed by atoms with Crippen molar-refractivity contribution in [3.63, 3.8) is 0 Å². The molecule has 5 aromatic rings. The third kappa shape index (κ3) is 14.5. The number of benzene rings is 5. The molecule has 0 unspecified atom stereocenters. The molecule has 10 heteroatoms. The molecule has 0 aromatic heterocycles. The zero-order chi connectivity index (χ0) is 28.1. The van der Waals surface area contributed by atoms with E-state index in [2.05, 4.69) is 84.9 Å². The van der Waals surface area contributed by atoms with Crippen molar-refractivity contribution in [3.8, 4) is 0 Å². The lowest BCUT2D eigenvalue weighted by molar-refractivity contribution is 0.562. The first-order valence-corrected chi connectivity index (χ1v) is 9.90. The largest absolute Gasteiger partial charge is 0.231 e. The summed E-state index contributed by atoms with van der Waals surface area (Å²) in [5.74, 6) is 0. The second-order valence-corrected chi connectivity index (χ2v) is 6.42. The standard InChI is InChI=1S/C22H14.5CHNO.4CH4/c1-3-7-17-13-21-19(11-15(17)5-1)9-10-20-12-16-6-2-4-8-18(16)14-22(20)21;5*2-1-3;;;;/h1-14H;5*2H;4*1H4. The number of isocyanates is 5. The van der Waals surface area contributed by atoms with E-state index in [9.17, 15) is 0 Å². The zero-order valence-corrected chi connectivity index (χ0v) is 19.1. The van der Waals surface area contributed by atoms with Gasteiger partial charge in [0.05, 0.1) is 0 Å². The molecule has 0 aliphatic heterocycles. The van der Waals surface area contributed by atoms with Crippen molar-refractivity contribution in [1.82, 2.24) is 0 Å². The van der Waals surface area contributed by atoms with Crippen LogP contribution in [0.5, 0.6) is 0 Å². The highest BCUT2D eigenvalue weighted by Gasteiger charge is 2.04. The minimum atomic E-state index is 0. The quantitative estimate of drug-likeness (QED) is 0.0549. The average Bonchev–Trinajstić information content (AvgIpc) is 2.89. The molecule has 0 saturated heterocycles. The summed E-state index contributed by atoms with van der Waals surface area (Å²) in [7, 11) is 0. The number of hydrogen-bond donors (Lipinski definition) is 5. The van der Waals surface area contributed by atoms with Crippen molar-refractivity contribution >= 4 is 73.5 Å². The molecule has 0 aliphatic carbocycles. The Morgan fingerprint density at radius 3 is 0.756 bits per heavy atom. The molecule has 10 nitrogen and oxygen atoms in total. The van der Waals surface area contributed by atoms with Gasteiger partial charge in [0.2, 0.25) is 30.4 Å². The first-order chi connectivity index (χ1) is 18.0. The number of hydrogen-bond acceptors (Lipinski definition) is 10. The van der Waals surface area contributed by atoms with Gasteiger partial charge in [-0.15, -0.1) is 0 Å². The van der Waals surface area contributed by atoms with Crippen LogP contribution >= 0.6 is 0 Å². The second-order valence-electron chi connectivity index (χ2n) is 6.42. The van der Waals surface area contributed by atoms with Gasteiger partial charge in [-0.05, 0) is 67.4 Å². The zero-order valence-electron chi connectivity index (χ0n) is 19.1. The van der Waals surface area contributed by atoms with Crippen LogP contribution in [-0.4, -0.2) is 30.4 Å². The monoisotopic (exact) mass is 557 g/mol. The molecule has 0 aliphatic rings. The molecule has 5 rings (SSSR count). The lowest BCUT2D eigenvalue weighted by atomic mass is 9.96. The molecule has 41 heavy (non-hydrogen) atoms. The van der Waals surface area contributed by atoms with Gasteiger partial charge in [-0.25, -0.2) is 51.0 Å². The molecule has 0 saturated carbocycles. The van der Waals surface area contributed by atoms with E-state index in [0.29, 0.717) is 0 Å². The van der Waals surface area contributed by atoms with Crippen molar-refractivity contribution in [3.05, 3.63) is 84.9 Å². The molecule has 0 amide bonds. The van der Waals surface area contributed by atoms with Crippen LogP contribution in [0.4, 0.5) is 0 Å². The van der Waals surface area contributed by atoms with E-state index in [4.69, 9.17) is 51.0 Å². The van der Waals surface area contributed by atoms with Gasteiger partial charge in [0.25, 0.3) is 0 Å². The van der Waals surface area contributed by atoms with Gasteiger partial charge in [-0.3, -0.25) is 0 Å². The number of carbonyl (C=O) groups excluding carboxylic acids is 5. The van der Waals surface area contributed by atoms with Crippen molar-refractivity contribution in [2.75, 3.05) is 0 Å². The summed E-state index contributed by atoms with van der Waals surface area (Å²) in [5, 5.41) is 37.5. The molecule has 0 fully saturated rings. The van der Waals surface area contributed by atoms with E-state index >= 15 is 0 Å². The molecule has 5 N–H and O–H groups in total. The molecular weight excluding hydrogens is 522 g/mol. The third-order valence-corrected chi connectivity index (χ3v) is 4.57. The minimum absolute atomic E-state index is 0. The molecule has 0 spiro atoms. The molecule has 214 valence electrons. The normalized spacial score (nSPS) is 7.22. The maximum absolute atomic E-state index is 8.35. The molecule has 0 atom stereocenters. The van der Waals surface area contributed by atoms with Crippen LogP contribution in [0.2, 0.25) is 0 Å². The summed E-state index contributed by atoms with van der Waals surface area (Å²) in [6.07, 6.45) is 3.75. The topological polar surface area (TPSA) is 205 Å². The maximum atomic E-state index is 8.35. The molecule has 0 heterocycles. The number of nitrogens with one attached hydrogen (secondary N) is 5. The number of rotatable bonds is 0. The van der Waals surface area contributed by atoms with Gasteiger partial charge < -0.3 is 0 Å². The molecule has 0 bridgehead atoms. The van der Waals surface area contributed by atoms with E-state index in [1.165, 1.54) is 43.1 Å². The van der Waals surface area contributed by atoms with Gasteiger partial charge in [0.1, 0.15) is 0 Å². The Balaban J connectivity index is -0.000000196. The van der Waals surface area contributed by atoms with E-state index in [1.54, 1.807) is 0 Å². The SMILES string of the molecule is C.C.C.C.N=C=O.N=C=O.N=C=O.N=C=O.N=C=O.c1ccc2cc3c(ccc4cc5ccccc5cc43)cc2c1. The Bertz CT molecular complexity index is 1490. The highest BCUT2D eigenvalue weighted by atomic mass is 16.1. The summed E-state index contributed by atoms with van der Waals surface area (Å²) in [5.41, 5.74) is 0. The second kappa shape index (κ2) is 27.1. The van der Waals surface area contributed by atoms with Crippen LogP contribution in [0.3, 0.4) is 0 Å². The van der Waals surface area contributed by atoms with Crippen LogP contribution in [-0.2, 0) is 24.0 Å². The molecule has 5 aromatic carbocycles. The highest BCUT2D eigenvalue weighted by molar-refractivity contribution is 6.15. The lowest BCUT2D eigenvalue weighted by Crippen LogP contribution is -1.81. The Hall–Kier alpha value is -5.96. The fourth-order valence-corrected chi connectivity index (χ4v) is 3.44. The van der Waals surface area contributed by atoms with Crippen LogP contribution in [0, 0.1) is 27.0 Å². The summed E-state index contributed by atoms with van der Waals surface area (Å²) in [4.78, 5) is 41.7. The van der Waals surface area contributed by atoms with Crippen LogP contribution in [0.1, 0.15) is 29.7 Å². The smallest absolute Gasteiger partial charge is 0.222 e. The Morgan fingerprint density at radius 1 is 0.341 bits per heavy atom. The summed E-state index contributed by atoms with van der Waals surface area (Å²) < 4.78 is 0. The first-order valence-electron chi connectivity index (χ1n) is 9.90. The Labute approximate surface area is 239 Å². The fourth-order valence-electron chi connectivity index (χ4n) is 3.44. The van der Waals surface area contributed by atoms with E-state index in [-0.39, 0.29) is 29.7 Å². The lowest BCUT2D eigenvalue weighted by Gasteiger charge is -2.08. The predicted octanol–water partition coefficient (Wildman–Crippen LogP) is 8.35. The van der Waals surface area contributed by atoms with Gasteiger partial charge >= 0.3 is 0 Å². The third-order valence-electron chi connectivity index (χ3n) is 4.57. The minimum Gasteiger partial charge on any atom is -0.222 e. The van der Waals surface area contributed by atoms with E-state index < -0.39 is 0 Å². The first kappa shape index (κ1) is 45.0. The van der Waals surface area contributed by atoms with Crippen LogP contribution in [0.25, 0.3) is 43.1 Å². The summed E-state index contributed by atoms with van der Waals surface area (Å²) >= 11 is 0. The average molecular weight is 558 g/mol. The molecule has 0 radical (unpaired) electrons. The van der Waals surface area contributed by atoms with Gasteiger partial charge in [0.15, 0.2) is 0 Å². The number of fused-ring (bicyclic) bond motifs is 5. The van der Waals surface area contributed by atoms with Crippen molar-refractivity contribution in [1.29, 1.82) is 27.0 Å². The van der Waals surface area contributed by atoms with Gasteiger partial charge in [0, 0.05) is 0 Å². The van der Waals surface area contributed by atoms with Crippen molar-refractivity contribution < 1.29 is 24.0 Å². The van der Waals surface area contributed by atoms with Crippen LogP contribution < -0.4 is 0 Å². The van der Waals surface area contributed by atoms with Crippen molar-refractivity contribution in [2.45, 2.75) is 29.7 Å². The fraction of sp³-hybridized carbons (Fsp3) is 0.129. The predicted molar refractivity (Wildman–Crippen MR) is 165 cm³/mol. The van der Waals surface area contributed by atoms with Gasteiger partial charge in [-0.1, -0.05) is 90.4 Å². The van der Waals surface area contributed by atoms with E-state index in [0.717, 1.165) is 30.4 Å².